The van der Waals surface area contributed by atoms with Gasteiger partial charge in [-0.3, -0.25) is 9.69 Å². The Labute approximate surface area is 208 Å². The van der Waals surface area contributed by atoms with Gasteiger partial charge in [0.1, 0.15) is 12.4 Å². The fourth-order valence-electron chi connectivity index (χ4n) is 4.38. The van der Waals surface area contributed by atoms with Gasteiger partial charge in [0, 0.05) is 24.6 Å². The van der Waals surface area contributed by atoms with Gasteiger partial charge in [0.25, 0.3) is 0 Å². The lowest BCUT2D eigenvalue weighted by atomic mass is 10.00. The van der Waals surface area contributed by atoms with Crippen molar-refractivity contribution in [1.82, 2.24) is 9.80 Å². The van der Waals surface area contributed by atoms with E-state index >= 15 is 0 Å². The molecule has 0 saturated carbocycles. The molecule has 2 aromatic rings. The number of amides is 1. The molecule has 0 spiro atoms. The first-order chi connectivity index (χ1) is 16.3. The number of carbonyl (C=O) groups excluding carboxylic acids is 1. The van der Waals surface area contributed by atoms with Crippen LogP contribution in [0.1, 0.15) is 48.4 Å². The van der Waals surface area contributed by atoms with Crippen molar-refractivity contribution in [3.05, 3.63) is 51.2 Å². The van der Waals surface area contributed by atoms with Gasteiger partial charge in [-0.2, -0.15) is 0 Å². The molecule has 2 heterocycles. The van der Waals surface area contributed by atoms with Crippen LogP contribution in [0.5, 0.6) is 5.75 Å². The van der Waals surface area contributed by atoms with Gasteiger partial charge in [0.2, 0.25) is 5.91 Å². The van der Waals surface area contributed by atoms with E-state index in [-0.39, 0.29) is 25.1 Å². The van der Waals surface area contributed by atoms with Crippen LogP contribution in [0.25, 0.3) is 0 Å². The Bertz CT molecular complexity index is 929. The Morgan fingerprint density at radius 2 is 2.06 bits per heavy atom. The highest BCUT2D eigenvalue weighted by Crippen LogP contribution is 2.34. The smallest absolute Gasteiger partial charge is 0.237 e. The molecule has 2 atom stereocenters. The average Bonchev–Trinajstić information content (AvgIpc) is 3.26. The number of nitrogens with zero attached hydrogens (tertiary/aromatic N) is 2. The molecule has 1 N–H and O–H groups in total. The summed E-state index contributed by atoms with van der Waals surface area (Å²) < 4.78 is 11.8. The van der Waals surface area contributed by atoms with E-state index < -0.39 is 6.10 Å². The van der Waals surface area contributed by atoms with Crippen molar-refractivity contribution in [3.8, 4) is 5.75 Å². The van der Waals surface area contributed by atoms with Crippen LogP contribution in [0.3, 0.4) is 0 Å². The standard InChI is InChI=1S/C27H40N2O4S/c1-6-28(14-22(30)17-32-16-19(2)3)15-27(31)29-11-9-26-23(10-12-34-26)24(29)18-33-25-8-7-20(4)13-21(25)5/h7-8,10,12-13,19,22,24,30H,6,9,11,14-18H2,1-5H3/t22-,24-/m0/s1. The van der Waals surface area contributed by atoms with E-state index in [9.17, 15) is 9.90 Å². The van der Waals surface area contributed by atoms with Gasteiger partial charge in [-0.25, -0.2) is 0 Å². The molecule has 1 aromatic heterocycles. The second-order valence-corrected chi connectivity index (χ2v) is 10.6. The Kier molecular flexibility index (Phi) is 9.95. The number of hydrogen-bond acceptors (Lipinski definition) is 6. The number of thiophene rings is 1. The van der Waals surface area contributed by atoms with Crippen molar-refractivity contribution < 1.29 is 19.4 Å². The number of aryl methyl sites for hydroxylation is 2. The number of benzene rings is 1. The maximum absolute atomic E-state index is 13.4. The molecular weight excluding hydrogens is 448 g/mol. The molecule has 0 aliphatic carbocycles. The number of hydrogen-bond donors (Lipinski definition) is 1. The quantitative estimate of drug-likeness (QED) is 0.485. The zero-order chi connectivity index (χ0) is 24.7. The van der Waals surface area contributed by atoms with Crippen molar-refractivity contribution in [3.63, 3.8) is 0 Å². The fourth-order valence-corrected chi connectivity index (χ4v) is 5.31. The second kappa shape index (κ2) is 12.7. The van der Waals surface area contributed by atoms with Gasteiger partial charge in [0.05, 0.1) is 25.3 Å². The highest BCUT2D eigenvalue weighted by atomic mass is 32.1. The van der Waals surface area contributed by atoms with Gasteiger partial charge in [-0.1, -0.05) is 38.5 Å². The molecule has 0 radical (unpaired) electrons. The van der Waals surface area contributed by atoms with Crippen LogP contribution in [-0.4, -0.2) is 72.9 Å². The third-order valence-electron chi connectivity index (χ3n) is 6.18. The second-order valence-electron chi connectivity index (χ2n) is 9.64. The number of aliphatic hydroxyl groups excluding tert-OH is 1. The van der Waals surface area contributed by atoms with Crippen molar-refractivity contribution in [2.24, 2.45) is 5.92 Å². The highest BCUT2D eigenvalue weighted by molar-refractivity contribution is 7.10. The van der Waals surface area contributed by atoms with Crippen molar-refractivity contribution in [2.45, 2.75) is 53.2 Å². The number of rotatable bonds is 12. The summed E-state index contributed by atoms with van der Waals surface area (Å²) in [6, 6.07) is 8.20. The predicted molar refractivity (Wildman–Crippen MR) is 138 cm³/mol. The molecule has 1 aromatic carbocycles. The molecule has 188 valence electrons. The molecule has 0 fully saturated rings. The van der Waals surface area contributed by atoms with Crippen LogP contribution in [0.2, 0.25) is 0 Å². The average molecular weight is 489 g/mol. The topological polar surface area (TPSA) is 62.2 Å². The molecular formula is C27H40N2O4S. The zero-order valence-electron chi connectivity index (χ0n) is 21.3. The summed E-state index contributed by atoms with van der Waals surface area (Å²) in [6.45, 7) is 13.7. The minimum absolute atomic E-state index is 0.0724. The molecule has 1 amide bonds. The molecule has 1 aliphatic rings. The number of aliphatic hydroxyl groups is 1. The lowest BCUT2D eigenvalue weighted by molar-refractivity contribution is -0.136. The third-order valence-corrected chi connectivity index (χ3v) is 7.18. The van der Waals surface area contributed by atoms with E-state index in [2.05, 4.69) is 51.3 Å². The van der Waals surface area contributed by atoms with Gasteiger partial charge >= 0.3 is 0 Å². The molecule has 34 heavy (non-hydrogen) atoms. The summed E-state index contributed by atoms with van der Waals surface area (Å²) in [7, 11) is 0. The monoisotopic (exact) mass is 488 g/mol. The van der Waals surface area contributed by atoms with Gasteiger partial charge < -0.3 is 19.5 Å². The van der Waals surface area contributed by atoms with Crippen LogP contribution in [0.4, 0.5) is 0 Å². The summed E-state index contributed by atoms with van der Waals surface area (Å²) >= 11 is 1.76. The summed E-state index contributed by atoms with van der Waals surface area (Å²) in [4.78, 5) is 18.7. The molecule has 0 unspecified atom stereocenters. The molecule has 7 heteroatoms. The first-order valence-corrected chi connectivity index (χ1v) is 13.2. The Morgan fingerprint density at radius 3 is 2.76 bits per heavy atom. The summed E-state index contributed by atoms with van der Waals surface area (Å²) in [5, 5.41) is 12.5. The van der Waals surface area contributed by atoms with E-state index in [4.69, 9.17) is 9.47 Å². The van der Waals surface area contributed by atoms with Crippen LogP contribution >= 0.6 is 11.3 Å². The predicted octanol–water partition coefficient (Wildman–Crippen LogP) is 4.23. The van der Waals surface area contributed by atoms with Gasteiger partial charge in [0.15, 0.2) is 0 Å². The molecule has 6 nitrogen and oxygen atoms in total. The largest absolute Gasteiger partial charge is 0.491 e. The number of ether oxygens (including phenoxy) is 2. The SMILES string of the molecule is CCN(CC(=O)N1CCc2sccc2[C@@H]1COc1ccc(C)cc1C)C[C@H](O)COCC(C)C. The Balaban J connectivity index is 1.64. The highest BCUT2D eigenvalue weighted by Gasteiger charge is 2.33. The normalized spacial score (nSPS) is 16.7. The lowest BCUT2D eigenvalue weighted by Gasteiger charge is -2.37. The van der Waals surface area contributed by atoms with E-state index in [1.807, 2.05) is 22.8 Å². The van der Waals surface area contributed by atoms with E-state index in [1.165, 1.54) is 16.0 Å². The minimum atomic E-state index is -0.611. The number of carbonyl (C=O) groups is 1. The summed E-state index contributed by atoms with van der Waals surface area (Å²) in [5.74, 6) is 1.36. The van der Waals surface area contributed by atoms with Crippen LogP contribution in [0.15, 0.2) is 29.6 Å². The molecule has 0 bridgehead atoms. The van der Waals surface area contributed by atoms with E-state index in [1.54, 1.807) is 11.3 Å². The minimum Gasteiger partial charge on any atom is -0.491 e. The summed E-state index contributed by atoms with van der Waals surface area (Å²) in [5.41, 5.74) is 3.50. The number of fused-ring (bicyclic) bond motifs is 1. The zero-order valence-corrected chi connectivity index (χ0v) is 22.1. The third kappa shape index (κ3) is 7.28. The van der Waals surface area contributed by atoms with Gasteiger partial charge in [-0.05, 0) is 61.4 Å². The summed E-state index contributed by atoms with van der Waals surface area (Å²) in [6.07, 6.45) is 0.260. The maximum atomic E-state index is 13.4. The Hall–Kier alpha value is -1.93. The molecule has 0 saturated heterocycles. The first-order valence-electron chi connectivity index (χ1n) is 12.3. The van der Waals surface area contributed by atoms with Crippen LogP contribution in [-0.2, 0) is 16.0 Å². The van der Waals surface area contributed by atoms with Crippen LogP contribution < -0.4 is 4.74 Å². The Morgan fingerprint density at radius 1 is 1.26 bits per heavy atom. The van der Waals surface area contributed by atoms with E-state index in [0.29, 0.717) is 38.8 Å². The van der Waals surface area contributed by atoms with Crippen molar-refractivity contribution >= 4 is 17.2 Å². The lowest BCUT2D eigenvalue weighted by Crippen LogP contribution is -2.48. The first kappa shape index (κ1) is 26.7. The van der Waals surface area contributed by atoms with Crippen molar-refractivity contribution in [2.75, 3.05) is 46.0 Å². The van der Waals surface area contributed by atoms with Gasteiger partial charge in [-0.15, -0.1) is 11.3 Å². The molecule has 1 aliphatic heterocycles. The van der Waals surface area contributed by atoms with Crippen molar-refractivity contribution in [1.29, 1.82) is 0 Å². The van der Waals surface area contributed by atoms with Crippen LogP contribution in [0, 0.1) is 19.8 Å². The van der Waals surface area contributed by atoms with E-state index in [0.717, 1.165) is 17.7 Å². The molecule has 3 rings (SSSR count). The number of likely N-dealkylation sites (N-methyl/N-ethyl adjacent to an activating group) is 1. The maximum Gasteiger partial charge on any atom is 0.237 e. The fraction of sp³-hybridized carbons (Fsp3) is 0.593.